The second-order valence-corrected chi connectivity index (χ2v) is 5.89. The van der Waals surface area contributed by atoms with Gasteiger partial charge in [-0.3, -0.25) is 4.79 Å². The van der Waals surface area contributed by atoms with Crippen molar-refractivity contribution in [1.29, 1.82) is 0 Å². The lowest BCUT2D eigenvalue weighted by molar-refractivity contribution is -0.111. The summed E-state index contributed by atoms with van der Waals surface area (Å²) in [6.45, 7) is 1.94. The van der Waals surface area contributed by atoms with Gasteiger partial charge < -0.3 is 10.1 Å². The molecule has 0 aliphatic rings. The number of rotatable bonds is 4. The van der Waals surface area contributed by atoms with E-state index >= 15 is 0 Å². The van der Waals surface area contributed by atoms with E-state index in [0.29, 0.717) is 10.8 Å². The summed E-state index contributed by atoms with van der Waals surface area (Å²) >= 11 is 9.49. The fourth-order valence-corrected chi connectivity index (χ4v) is 2.51. The number of hydrogen-bond acceptors (Lipinski definition) is 2. The molecule has 0 atom stereocenters. The zero-order valence-corrected chi connectivity index (χ0v) is 14.5. The third-order valence-electron chi connectivity index (χ3n) is 3.13. The molecule has 1 amide bonds. The maximum Gasteiger partial charge on any atom is 0.248 e. The van der Waals surface area contributed by atoms with Crippen molar-refractivity contribution < 1.29 is 9.53 Å². The quantitative estimate of drug-likeness (QED) is 0.752. The normalized spacial score (nSPS) is 10.7. The molecule has 2 aromatic carbocycles. The smallest absolute Gasteiger partial charge is 0.248 e. The Morgan fingerprint density at radius 2 is 2.09 bits per heavy atom. The Balaban J connectivity index is 2.08. The second kappa shape index (κ2) is 7.47. The third-order valence-corrected chi connectivity index (χ3v) is 4.28. The summed E-state index contributed by atoms with van der Waals surface area (Å²) in [5, 5.41) is 3.35. The van der Waals surface area contributed by atoms with Crippen LogP contribution < -0.4 is 10.1 Å². The SMILES string of the molecule is COc1ccc(/C=C/C(=O)Nc2cccc(Br)c2C)cc1Cl. The Morgan fingerprint density at radius 1 is 1.32 bits per heavy atom. The van der Waals surface area contributed by atoms with Gasteiger partial charge in [-0.15, -0.1) is 0 Å². The summed E-state index contributed by atoms with van der Waals surface area (Å²) in [6, 6.07) is 11.0. The van der Waals surface area contributed by atoms with E-state index in [0.717, 1.165) is 21.3 Å². The number of halogens is 2. The molecule has 0 unspecified atom stereocenters. The molecule has 0 fully saturated rings. The van der Waals surface area contributed by atoms with Gasteiger partial charge in [0, 0.05) is 16.2 Å². The van der Waals surface area contributed by atoms with Gasteiger partial charge in [0.1, 0.15) is 5.75 Å². The van der Waals surface area contributed by atoms with E-state index in [9.17, 15) is 4.79 Å². The molecule has 0 saturated carbocycles. The van der Waals surface area contributed by atoms with Gasteiger partial charge in [0.25, 0.3) is 0 Å². The van der Waals surface area contributed by atoms with Crippen LogP contribution in [0.1, 0.15) is 11.1 Å². The monoisotopic (exact) mass is 379 g/mol. The first-order chi connectivity index (χ1) is 10.5. The molecule has 0 aliphatic heterocycles. The number of anilines is 1. The number of ether oxygens (including phenoxy) is 1. The van der Waals surface area contributed by atoms with Crippen molar-refractivity contribution in [3.63, 3.8) is 0 Å². The lowest BCUT2D eigenvalue weighted by atomic mass is 10.2. The fraction of sp³-hybridized carbons (Fsp3) is 0.118. The fourth-order valence-electron chi connectivity index (χ4n) is 1.88. The molecule has 0 aromatic heterocycles. The predicted molar refractivity (Wildman–Crippen MR) is 94.5 cm³/mol. The zero-order chi connectivity index (χ0) is 16.1. The number of nitrogens with one attached hydrogen (secondary N) is 1. The average molecular weight is 381 g/mol. The Kier molecular flexibility index (Phi) is 5.63. The standard InChI is InChI=1S/C17H15BrClNO2/c1-11-13(18)4-3-5-15(11)20-17(21)9-7-12-6-8-16(22-2)14(19)10-12/h3-10H,1-2H3,(H,20,21)/b9-7+. The minimum absolute atomic E-state index is 0.201. The summed E-state index contributed by atoms with van der Waals surface area (Å²) in [6.07, 6.45) is 3.17. The molecule has 1 N–H and O–H groups in total. The molecule has 0 spiro atoms. The van der Waals surface area contributed by atoms with Crippen LogP contribution in [0.3, 0.4) is 0 Å². The van der Waals surface area contributed by atoms with Crippen LogP contribution in [0.15, 0.2) is 46.9 Å². The Hall–Kier alpha value is -1.78. The topological polar surface area (TPSA) is 38.3 Å². The highest BCUT2D eigenvalue weighted by Crippen LogP contribution is 2.26. The van der Waals surface area contributed by atoms with Crippen LogP contribution in [0.4, 0.5) is 5.69 Å². The highest BCUT2D eigenvalue weighted by atomic mass is 79.9. The molecule has 2 rings (SSSR count). The second-order valence-electron chi connectivity index (χ2n) is 4.63. The molecule has 5 heteroatoms. The van der Waals surface area contributed by atoms with Crippen LogP contribution in [0.5, 0.6) is 5.75 Å². The predicted octanol–water partition coefficient (Wildman–Crippen LogP) is 5.07. The molecule has 0 saturated heterocycles. The molecule has 114 valence electrons. The van der Waals surface area contributed by atoms with E-state index in [-0.39, 0.29) is 5.91 Å². The molecule has 0 radical (unpaired) electrons. The van der Waals surface area contributed by atoms with Crippen LogP contribution in [0, 0.1) is 6.92 Å². The van der Waals surface area contributed by atoms with Crippen LogP contribution in [0.25, 0.3) is 6.08 Å². The lowest BCUT2D eigenvalue weighted by Crippen LogP contribution is -2.09. The number of methoxy groups -OCH3 is 1. The summed E-state index contributed by atoms with van der Waals surface area (Å²) in [5.74, 6) is 0.404. The summed E-state index contributed by atoms with van der Waals surface area (Å²) < 4.78 is 6.04. The van der Waals surface area contributed by atoms with Crippen molar-refractivity contribution in [2.24, 2.45) is 0 Å². The van der Waals surface area contributed by atoms with Gasteiger partial charge >= 0.3 is 0 Å². The van der Waals surface area contributed by atoms with Gasteiger partial charge in [-0.25, -0.2) is 0 Å². The van der Waals surface area contributed by atoms with Gasteiger partial charge in [0.15, 0.2) is 0 Å². The zero-order valence-electron chi connectivity index (χ0n) is 12.2. The highest BCUT2D eigenvalue weighted by Gasteiger charge is 2.04. The Labute approximate surface area is 143 Å². The van der Waals surface area contributed by atoms with Gasteiger partial charge in [-0.05, 0) is 48.4 Å². The molecular formula is C17H15BrClNO2. The summed E-state index contributed by atoms with van der Waals surface area (Å²) in [5.41, 5.74) is 2.58. The van der Waals surface area contributed by atoms with Crippen LogP contribution in [0.2, 0.25) is 5.02 Å². The average Bonchev–Trinajstić information content (AvgIpc) is 2.50. The van der Waals surface area contributed by atoms with Crippen molar-refractivity contribution in [1.82, 2.24) is 0 Å². The van der Waals surface area contributed by atoms with Gasteiger partial charge in [0.05, 0.1) is 12.1 Å². The van der Waals surface area contributed by atoms with Crippen LogP contribution in [-0.2, 0) is 4.79 Å². The molecule has 0 bridgehead atoms. The summed E-state index contributed by atoms with van der Waals surface area (Å²) in [4.78, 5) is 12.0. The maximum absolute atomic E-state index is 12.0. The van der Waals surface area contributed by atoms with Crippen molar-refractivity contribution in [3.8, 4) is 5.75 Å². The Morgan fingerprint density at radius 3 is 2.77 bits per heavy atom. The molecule has 0 heterocycles. The van der Waals surface area contributed by atoms with Crippen molar-refractivity contribution in [2.45, 2.75) is 6.92 Å². The Bertz CT molecular complexity index is 729. The molecule has 2 aromatic rings. The van der Waals surface area contributed by atoms with Gasteiger partial charge in [-0.2, -0.15) is 0 Å². The first-order valence-corrected chi connectivity index (χ1v) is 7.76. The van der Waals surface area contributed by atoms with Crippen LogP contribution in [-0.4, -0.2) is 13.0 Å². The van der Waals surface area contributed by atoms with Crippen LogP contribution >= 0.6 is 27.5 Å². The highest BCUT2D eigenvalue weighted by molar-refractivity contribution is 9.10. The summed E-state index contributed by atoms with van der Waals surface area (Å²) in [7, 11) is 1.56. The molecule has 22 heavy (non-hydrogen) atoms. The van der Waals surface area contributed by atoms with Crippen molar-refractivity contribution >= 4 is 45.2 Å². The van der Waals surface area contributed by atoms with E-state index in [2.05, 4.69) is 21.2 Å². The van der Waals surface area contributed by atoms with Crippen molar-refractivity contribution in [3.05, 3.63) is 63.1 Å². The van der Waals surface area contributed by atoms with E-state index in [4.69, 9.17) is 16.3 Å². The van der Waals surface area contributed by atoms with E-state index < -0.39 is 0 Å². The maximum atomic E-state index is 12.0. The number of hydrogen-bond donors (Lipinski definition) is 1. The number of carbonyl (C=O) groups excluding carboxylic acids is 1. The molecular weight excluding hydrogens is 366 g/mol. The number of carbonyl (C=O) groups is 1. The van der Waals surface area contributed by atoms with E-state index in [1.165, 1.54) is 6.08 Å². The number of amides is 1. The van der Waals surface area contributed by atoms with Crippen molar-refractivity contribution in [2.75, 3.05) is 12.4 Å². The van der Waals surface area contributed by atoms with Gasteiger partial charge in [-0.1, -0.05) is 39.7 Å². The minimum Gasteiger partial charge on any atom is -0.495 e. The van der Waals surface area contributed by atoms with E-state index in [1.807, 2.05) is 31.2 Å². The molecule has 3 nitrogen and oxygen atoms in total. The largest absolute Gasteiger partial charge is 0.495 e. The third kappa shape index (κ3) is 4.12. The first kappa shape index (κ1) is 16.6. The first-order valence-electron chi connectivity index (χ1n) is 6.59. The molecule has 0 aliphatic carbocycles. The number of benzene rings is 2. The minimum atomic E-state index is -0.201. The van der Waals surface area contributed by atoms with E-state index in [1.54, 1.807) is 25.3 Å². The lowest BCUT2D eigenvalue weighted by Gasteiger charge is -2.07. The van der Waals surface area contributed by atoms with Gasteiger partial charge in [0.2, 0.25) is 5.91 Å².